The molecule has 1 aromatic heterocycles. The number of non-ortho nitro benzene ring substituents is 1. The van der Waals surface area contributed by atoms with Crippen LogP contribution in [0.25, 0.3) is 11.5 Å². The summed E-state index contributed by atoms with van der Waals surface area (Å²) in [5.74, 6) is -1.40. The molecule has 32 heavy (non-hydrogen) atoms. The maximum absolute atomic E-state index is 13.0. The van der Waals surface area contributed by atoms with Crippen LogP contribution in [0.3, 0.4) is 0 Å². The van der Waals surface area contributed by atoms with E-state index in [9.17, 15) is 32.9 Å². The van der Waals surface area contributed by atoms with E-state index in [0.29, 0.717) is 4.90 Å². The van der Waals surface area contributed by atoms with E-state index in [1.807, 2.05) is 0 Å². The van der Waals surface area contributed by atoms with Gasteiger partial charge in [-0.1, -0.05) is 23.9 Å². The molecule has 0 spiro atoms. The maximum atomic E-state index is 13.0. The van der Waals surface area contributed by atoms with Gasteiger partial charge in [0.15, 0.2) is 0 Å². The quantitative estimate of drug-likeness (QED) is 0.315. The number of benzene rings is 2. The topological polar surface area (TPSA) is 119 Å². The van der Waals surface area contributed by atoms with E-state index in [-0.39, 0.29) is 34.5 Å². The zero-order valence-corrected chi connectivity index (χ0v) is 16.6. The van der Waals surface area contributed by atoms with Crippen molar-refractivity contribution < 1.29 is 32.1 Å². The standard InChI is InChI=1S/C19H11F3N4O5S/c20-19(21,22)11-4-2-5-12(8-11)25-15(27)9-14(17(25)28)32-18-24-23-16(31-18)10-3-1-6-13(7-10)26(29)30/h1-8,14H,9H2. The molecule has 1 aliphatic heterocycles. The predicted molar refractivity (Wildman–Crippen MR) is 105 cm³/mol. The number of carbonyl (C=O) groups excluding carboxylic acids is 2. The number of hydrogen-bond acceptors (Lipinski definition) is 8. The summed E-state index contributed by atoms with van der Waals surface area (Å²) in [7, 11) is 0. The first-order chi connectivity index (χ1) is 15.1. The van der Waals surface area contributed by atoms with Gasteiger partial charge in [0.05, 0.1) is 16.2 Å². The molecule has 1 atom stereocenters. The molecular weight excluding hydrogens is 453 g/mol. The second-order valence-corrected chi connectivity index (χ2v) is 7.76. The molecule has 9 nitrogen and oxygen atoms in total. The lowest BCUT2D eigenvalue weighted by atomic mass is 10.2. The number of nitro groups is 1. The van der Waals surface area contributed by atoms with E-state index in [1.54, 1.807) is 0 Å². The third-order valence-corrected chi connectivity index (χ3v) is 5.51. The SMILES string of the molecule is O=C1CC(Sc2nnc(-c3cccc([N+](=O)[O-])c3)o2)C(=O)N1c1cccc(C(F)(F)F)c1. The maximum Gasteiger partial charge on any atom is 0.416 e. The van der Waals surface area contributed by atoms with Crippen LogP contribution in [0.4, 0.5) is 24.5 Å². The van der Waals surface area contributed by atoms with Gasteiger partial charge in [-0.3, -0.25) is 19.7 Å². The number of aromatic nitrogens is 2. The molecule has 164 valence electrons. The van der Waals surface area contributed by atoms with Crippen LogP contribution in [0.2, 0.25) is 0 Å². The molecule has 2 amide bonds. The summed E-state index contributed by atoms with van der Waals surface area (Å²) in [4.78, 5) is 36.1. The minimum Gasteiger partial charge on any atom is -0.411 e. The first-order valence-electron chi connectivity index (χ1n) is 8.92. The van der Waals surface area contributed by atoms with Gasteiger partial charge in [0.2, 0.25) is 17.7 Å². The van der Waals surface area contributed by atoms with Crippen molar-refractivity contribution in [2.24, 2.45) is 0 Å². The number of halogens is 3. The number of alkyl halides is 3. The molecule has 2 heterocycles. The van der Waals surface area contributed by atoms with E-state index in [1.165, 1.54) is 30.3 Å². The van der Waals surface area contributed by atoms with E-state index in [0.717, 1.165) is 30.0 Å². The number of amides is 2. The Morgan fingerprint density at radius 2 is 1.88 bits per heavy atom. The van der Waals surface area contributed by atoms with Gasteiger partial charge >= 0.3 is 6.18 Å². The molecule has 1 fully saturated rings. The van der Waals surface area contributed by atoms with Crippen LogP contribution in [-0.4, -0.2) is 32.2 Å². The summed E-state index contributed by atoms with van der Waals surface area (Å²) in [5.41, 5.74) is -1.05. The van der Waals surface area contributed by atoms with Gasteiger partial charge in [0, 0.05) is 24.1 Å². The lowest BCUT2D eigenvalue weighted by molar-refractivity contribution is -0.384. The molecule has 0 radical (unpaired) electrons. The molecule has 1 aliphatic rings. The van der Waals surface area contributed by atoms with Crippen LogP contribution in [0.5, 0.6) is 0 Å². The molecule has 0 aliphatic carbocycles. The Hall–Kier alpha value is -3.74. The molecule has 2 aromatic carbocycles. The fraction of sp³-hybridized carbons (Fsp3) is 0.158. The van der Waals surface area contributed by atoms with Crippen molar-refractivity contribution in [1.29, 1.82) is 0 Å². The number of nitro benzene ring substituents is 1. The highest BCUT2D eigenvalue weighted by molar-refractivity contribution is 8.00. The zero-order chi connectivity index (χ0) is 23.0. The minimum atomic E-state index is -4.62. The van der Waals surface area contributed by atoms with Crippen molar-refractivity contribution in [2.75, 3.05) is 4.90 Å². The van der Waals surface area contributed by atoms with Gasteiger partial charge in [-0.25, -0.2) is 4.90 Å². The van der Waals surface area contributed by atoms with Crippen LogP contribution in [0.1, 0.15) is 12.0 Å². The largest absolute Gasteiger partial charge is 0.416 e. The monoisotopic (exact) mass is 464 g/mol. The van der Waals surface area contributed by atoms with Gasteiger partial charge in [-0.15, -0.1) is 10.2 Å². The third-order valence-electron chi connectivity index (χ3n) is 4.49. The highest BCUT2D eigenvalue weighted by Gasteiger charge is 2.42. The normalized spacial score (nSPS) is 16.6. The molecule has 0 saturated carbocycles. The Bertz CT molecular complexity index is 1230. The molecule has 1 saturated heterocycles. The molecule has 13 heteroatoms. The molecule has 0 bridgehead atoms. The third kappa shape index (κ3) is 4.19. The Balaban J connectivity index is 1.52. The number of anilines is 1. The Morgan fingerprint density at radius 1 is 1.12 bits per heavy atom. The van der Waals surface area contributed by atoms with Gasteiger partial charge in [0.25, 0.3) is 10.9 Å². The van der Waals surface area contributed by atoms with E-state index >= 15 is 0 Å². The zero-order valence-electron chi connectivity index (χ0n) is 15.8. The summed E-state index contributed by atoms with van der Waals surface area (Å²) in [5, 5.41) is 17.4. The summed E-state index contributed by atoms with van der Waals surface area (Å²) in [6, 6.07) is 9.42. The number of imide groups is 1. The van der Waals surface area contributed by atoms with Crippen LogP contribution >= 0.6 is 11.8 Å². The summed E-state index contributed by atoms with van der Waals surface area (Å²) >= 11 is 0.789. The first-order valence-corrected chi connectivity index (χ1v) is 9.80. The Morgan fingerprint density at radius 3 is 2.59 bits per heavy atom. The minimum absolute atomic E-state index is 0.0253. The fourth-order valence-corrected chi connectivity index (χ4v) is 3.93. The highest BCUT2D eigenvalue weighted by Crippen LogP contribution is 2.37. The number of carbonyl (C=O) groups is 2. The molecule has 1 unspecified atom stereocenters. The average Bonchev–Trinajstić information content (AvgIpc) is 3.32. The van der Waals surface area contributed by atoms with E-state index in [4.69, 9.17) is 4.42 Å². The van der Waals surface area contributed by atoms with E-state index in [2.05, 4.69) is 10.2 Å². The predicted octanol–water partition coefficient (Wildman–Crippen LogP) is 4.09. The van der Waals surface area contributed by atoms with Gasteiger partial charge < -0.3 is 4.42 Å². The molecular formula is C19H11F3N4O5S. The smallest absolute Gasteiger partial charge is 0.411 e. The number of hydrogen-bond donors (Lipinski definition) is 0. The summed E-state index contributed by atoms with van der Waals surface area (Å²) < 4.78 is 44.3. The van der Waals surface area contributed by atoms with Crippen LogP contribution in [0.15, 0.2) is 58.2 Å². The number of thioether (sulfide) groups is 1. The van der Waals surface area contributed by atoms with Crippen molar-refractivity contribution in [2.45, 2.75) is 23.1 Å². The lowest BCUT2D eigenvalue weighted by Crippen LogP contribution is -2.31. The number of rotatable bonds is 5. The average molecular weight is 464 g/mol. The van der Waals surface area contributed by atoms with Gasteiger partial charge in [0.1, 0.15) is 5.25 Å². The van der Waals surface area contributed by atoms with Crippen molar-refractivity contribution in [3.63, 3.8) is 0 Å². The van der Waals surface area contributed by atoms with Crippen LogP contribution in [0, 0.1) is 10.1 Å². The second-order valence-electron chi connectivity index (χ2n) is 6.61. The lowest BCUT2D eigenvalue weighted by Gasteiger charge is -2.16. The number of nitrogens with zero attached hydrogens (tertiary/aromatic N) is 4. The summed E-state index contributed by atoms with van der Waals surface area (Å²) in [6.45, 7) is 0. The van der Waals surface area contributed by atoms with Crippen LogP contribution in [-0.2, 0) is 15.8 Å². The second kappa shape index (κ2) is 8.07. The summed E-state index contributed by atoms with van der Waals surface area (Å²) in [6.07, 6.45) is -4.89. The first kappa shape index (κ1) is 21.5. The van der Waals surface area contributed by atoms with Crippen molar-refractivity contribution in [3.8, 4) is 11.5 Å². The molecule has 0 N–H and O–H groups in total. The van der Waals surface area contributed by atoms with Crippen molar-refractivity contribution >= 4 is 35.0 Å². The van der Waals surface area contributed by atoms with Gasteiger partial charge in [-0.05, 0) is 24.3 Å². The van der Waals surface area contributed by atoms with E-state index < -0.39 is 33.7 Å². The fourth-order valence-electron chi connectivity index (χ4n) is 3.04. The highest BCUT2D eigenvalue weighted by atomic mass is 32.2. The van der Waals surface area contributed by atoms with Crippen molar-refractivity contribution in [3.05, 3.63) is 64.2 Å². The van der Waals surface area contributed by atoms with Crippen molar-refractivity contribution in [1.82, 2.24) is 10.2 Å². The molecule has 4 rings (SSSR count). The Kier molecular flexibility index (Phi) is 5.42. The van der Waals surface area contributed by atoms with Crippen LogP contribution < -0.4 is 4.90 Å². The Labute approximate surface area is 181 Å². The van der Waals surface area contributed by atoms with Gasteiger partial charge in [-0.2, -0.15) is 13.2 Å². The molecule has 3 aromatic rings.